The van der Waals surface area contributed by atoms with Crippen LogP contribution in [0.25, 0.3) is 0 Å². The van der Waals surface area contributed by atoms with Crippen molar-refractivity contribution in [2.45, 2.75) is 20.4 Å². The fourth-order valence-corrected chi connectivity index (χ4v) is 2.45. The van der Waals surface area contributed by atoms with Crippen LogP contribution in [0.3, 0.4) is 0 Å². The topological polar surface area (TPSA) is 21.7 Å². The van der Waals surface area contributed by atoms with Crippen LogP contribution in [0, 0.1) is 5.92 Å². The lowest BCUT2D eigenvalue weighted by molar-refractivity contribution is 0.414. The Morgan fingerprint density at radius 1 is 0.818 bits per heavy atom. The minimum Gasteiger partial charge on any atom is -0.497 e. The van der Waals surface area contributed by atoms with Crippen LogP contribution < -0.4 is 14.4 Å². The molecular weight excluding hydrogens is 274 g/mol. The van der Waals surface area contributed by atoms with Gasteiger partial charge in [0.25, 0.3) is 0 Å². The fourth-order valence-electron chi connectivity index (χ4n) is 2.45. The summed E-state index contributed by atoms with van der Waals surface area (Å²) in [5.41, 5.74) is 2.49. The predicted octanol–water partition coefficient (Wildman–Crippen LogP) is 4.37. The van der Waals surface area contributed by atoms with Crippen molar-refractivity contribution in [3.63, 3.8) is 0 Å². The van der Waals surface area contributed by atoms with Crippen molar-refractivity contribution in [3.8, 4) is 11.5 Å². The van der Waals surface area contributed by atoms with Crippen LogP contribution in [-0.2, 0) is 6.54 Å². The van der Waals surface area contributed by atoms with E-state index in [1.807, 2.05) is 24.3 Å². The van der Waals surface area contributed by atoms with Gasteiger partial charge in [-0.1, -0.05) is 26.0 Å². The van der Waals surface area contributed by atoms with E-state index < -0.39 is 0 Å². The molecule has 3 nitrogen and oxygen atoms in total. The Bertz CT molecular complexity index is 561. The summed E-state index contributed by atoms with van der Waals surface area (Å²) in [6.07, 6.45) is 0. The molecule has 0 saturated carbocycles. The molecule has 3 heteroatoms. The van der Waals surface area contributed by atoms with Gasteiger partial charge in [-0.15, -0.1) is 0 Å². The third-order valence-corrected chi connectivity index (χ3v) is 3.56. The highest BCUT2D eigenvalue weighted by atomic mass is 16.5. The Balaban J connectivity index is 2.16. The standard InChI is InChI=1S/C19H25NO2/c1-15(2)13-20(17-7-11-19(22-4)12-8-17)14-16-5-9-18(21-3)10-6-16/h5-12,15H,13-14H2,1-4H3. The lowest BCUT2D eigenvalue weighted by atomic mass is 10.1. The molecule has 0 radical (unpaired) electrons. The van der Waals surface area contributed by atoms with Gasteiger partial charge in [0, 0.05) is 18.8 Å². The number of hydrogen-bond donors (Lipinski definition) is 0. The second-order valence-corrected chi connectivity index (χ2v) is 5.82. The van der Waals surface area contributed by atoms with Gasteiger partial charge in [0.2, 0.25) is 0 Å². The molecule has 0 aliphatic rings. The van der Waals surface area contributed by atoms with Gasteiger partial charge in [-0.25, -0.2) is 0 Å². The van der Waals surface area contributed by atoms with E-state index in [0.29, 0.717) is 5.92 Å². The van der Waals surface area contributed by atoms with Gasteiger partial charge in [0.05, 0.1) is 14.2 Å². The summed E-state index contributed by atoms with van der Waals surface area (Å²) in [5, 5.41) is 0. The van der Waals surface area contributed by atoms with Gasteiger partial charge in [0.1, 0.15) is 11.5 Å². The van der Waals surface area contributed by atoms with Crippen molar-refractivity contribution in [3.05, 3.63) is 54.1 Å². The maximum absolute atomic E-state index is 5.24. The number of ether oxygens (including phenoxy) is 2. The summed E-state index contributed by atoms with van der Waals surface area (Å²) in [5.74, 6) is 2.38. The second-order valence-electron chi connectivity index (χ2n) is 5.82. The van der Waals surface area contributed by atoms with E-state index in [9.17, 15) is 0 Å². The average molecular weight is 299 g/mol. The molecule has 2 aromatic carbocycles. The van der Waals surface area contributed by atoms with Gasteiger partial charge >= 0.3 is 0 Å². The molecule has 0 spiro atoms. The summed E-state index contributed by atoms with van der Waals surface area (Å²) in [7, 11) is 3.38. The van der Waals surface area contributed by atoms with Crippen LogP contribution in [-0.4, -0.2) is 20.8 Å². The molecule has 0 aliphatic carbocycles. The molecule has 22 heavy (non-hydrogen) atoms. The number of methoxy groups -OCH3 is 2. The Kier molecular flexibility index (Phi) is 5.70. The first kappa shape index (κ1) is 16.2. The Morgan fingerprint density at radius 3 is 1.77 bits per heavy atom. The van der Waals surface area contributed by atoms with E-state index in [1.165, 1.54) is 11.3 Å². The van der Waals surface area contributed by atoms with Crippen molar-refractivity contribution < 1.29 is 9.47 Å². The van der Waals surface area contributed by atoms with E-state index in [1.54, 1.807) is 14.2 Å². The zero-order valence-corrected chi connectivity index (χ0v) is 13.9. The minimum atomic E-state index is 0.598. The molecule has 0 N–H and O–H groups in total. The molecule has 2 aromatic rings. The molecule has 0 atom stereocenters. The Labute approximate surface area is 133 Å². The molecule has 0 amide bonds. The third-order valence-electron chi connectivity index (χ3n) is 3.56. The maximum Gasteiger partial charge on any atom is 0.119 e. The number of benzene rings is 2. The summed E-state index contributed by atoms with van der Waals surface area (Å²) in [6.45, 7) is 6.38. The number of anilines is 1. The molecule has 2 rings (SSSR count). The van der Waals surface area contributed by atoms with Gasteiger partial charge in [-0.3, -0.25) is 0 Å². The first-order chi connectivity index (χ1) is 10.6. The molecule has 118 valence electrons. The third kappa shape index (κ3) is 4.42. The molecule has 0 aliphatic heterocycles. The lowest BCUT2D eigenvalue weighted by Crippen LogP contribution is -2.27. The Hall–Kier alpha value is -2.16. The summed E-state index contributed by atoms with van der Waals surface area (Å²) in [6, 6.07) is 16.5. The molecule has 0 unspecified atom stereocenters. The smallest absolute Gasteiger partial charge is 0.119 e. The average Bonchev–Trinajstić information content (AvgIpc) is 2.54. The molecule has 0 saturated heterocycles. The van der Waals surface area contributed by atoms with Crippen molar-refractivity contribution >= 4 is 5.69 Å². The van der Waals surface area contributed by atoms with E-state index >= 15 is 0 Å². The zero-order chi connectivity index (χ0) is 15.9. The van der Waals surface area contributed by atoms with Gasteiger partial charge in [-0.2, -0.15) is 0 Å². The van der Waals surface area contributed by atoms with Crippen LogP contribution in [0.15, 0.2) is 48.5 Å². The SMILES string of the molecule is COc1ccc(CN(CC(C)C)c2ccc(OC)cc2)cc1. The van der Waals surface area contributed by atoms with Crippen LogP contribution in [0.5, 0.6) is 11.5 Å². The highest BCUT2D eigenvalue weighted by molar-refractivity contribution is 5.49. The molecular formula is C19H25NO2. The lowest BCUT2D eigenvalue weighted by Gasteiger charge is -2.27. The van der Waals surface area contributed by atoms with E-state index in [4.69, 9.17) is 9.47 Å². The molecule has 0 heterocycles. The van der Waals surface area contributed by atoms with Crippen molar-refractivity contribution in [1.29, 1.82) is 0 Å². The van der Waals surface area contributed by atoms with E-state index in [0.717, 1.165) is 24.6 Å². The largest absolute Gasteiger partial charge is 0.497 e. The summed E-state index contributed by atoms with van der Waals surface area (Å²) in [4.78, 5) is 2.39. The number of rotatable bonds is 7. The highest BCUT2D eigenvalue weighted by Crippen LogP contribution is 2.23. The number of nitrogens with zero attached hydrogens (tertiary/aromatic N) is 1. The van der Waals surface area contributed by atoms with Gasteiger partial charge in [-0.05, 0) is 47.9 Å². The normalized spacial score (nSPS) is 10.6. The second kappa shape index (κ2) is 7.74. The van der Waals surface area contributed by atoms with Crippen LogP contribution in [0.4, 0.5) is 5.69 Å². The van der Waals surface area contributed by atoms with Crippen LogP contribution in [0.2, 0.25) is 0 Å². The zero-order valence-electron chi connectivity index (χ0n) is 13.9. The summed E-state index contributed by atoms with van der Waals surface area (Å²) < 4.78 is 10.5. The summed E-state index contributed by atoms with van der Waals surface area (Å²) >= 11 is 0. The monoisotopic (exact) mass is 299 g/mol. The van der Waals surface area contributed by atoms with Crippen molar-refractivity contribution in [1.82, 2.24) is 0 Å². The van der Waals surface area contributed by atoms with Crippen molar-refractivity contribution in [2.75, 3.05) is 25.7 Å². The minimum absolute atomic E-state index is 0.598. The quantitative estimate of drug-likeness (QED) is 0.758. The molecule has 0 aromatic heterocycles. The maximum atomic E-state index is 5.24. The van der Waals surface area contributed by atoms with E-state index in [2.05, 4.69) is 43.0 Å². The molecule has 0 fully saturated rings. The van der Waals surface area contributed by atoms with Crippen molar-refractivity contribution in [2.24, 2.45) is 5.92 Å². The number of hydrogen-bond acceptors (Lipinski definition) is 3. The first-order valence-corrected chi connectivity index (χ1v) is 7.64. The molecule has 0 bridgehead atoms. The van der Waals surface area contributed by atoms with Crippen LogP contribution in [0.1, 0.15) is 19.4 Å². The van der Waals surface area contributed by atoms with Gasteiger partial charge in [0.15, 0.2) is 0 Å². The van der Waals surface area contributed by atoms with Gasteiger partial charge < -0.3 is 14.4 Å². The predicted molar refractivity (Wildman–Crippen MR) is 91.9 cm³/mol. The highest BCUT2D eigenvalue weighted by Gasteiger charge is 2.10. The van der Waals surface area contributed by atoms with E-state index in [-0.39, 0.29) is 0 Å². The first-order valence-electron chi connectivity index (χ1n) is 7.64. The van der Waals surface area contributed by atoms with Crippen LogP contribution >= 0.6 is 0 Å². The fraction of sp³-hybridized carbons (Fsp3) is 0.368. The Morgan fingerprint density at radius 2 is 1.32 bits per heavy atom.